The van der Waals surface area contributed by atoms with Gasteiger partial charge in [-0.3, -0.25) is 0 Å². The zero-order valence-electron chi connectivity index (χ0n) is 11.7. The van der Waals surface area contributed by atoms with Gasteiger partial charge in [-0.15, -0.1) is 0 Å². The molecule has 0 amide bonds. The van der Waals surface area contributed by atoms with Crippen molar-refractivity contribution in [3.8, 4) is 6.07 Å². The topological polar surface area (TPSA) is 48.3 Å². The van der Waals surface area contributed by atoms with E-state index in [1.807, 2.05) is 6.92 Å². The van der Waals surface area contributed by atoms with Crippen LogP contribution in [0.1, 0.15) is 33.6 Å². The minimum Gasteiger partial charge on any atom is -0.382 e. The van der Waals surface area contributed by atoms with Gasteiger partial charge in [-0.05, 0) is 31.5 Å². The second kappa shape index (κ2) is 11.2. The molecule has 0 unspecified atom stereocenters. The highest BCUT2D eigenvalue weighted by atomic mass is 32.1. The smallest absolute Gasteiger partial charge is 0.168 e. The molecule has 0 saturated carbocycles. The third kappa shape index (κ3) is 9.20. The van der Waals surface area contributed by atoms with Crippen LogP contribution in [-0.2, 0) is 4.74 Å². The van der Waals surface area contributed by atoms with Gasteiger partial charge < -0.3 is 15.0 Å². The van der Waals surface area contributed by atoms with Gasteiger partial charge in [0.1, 0.15) is 0 Å². The third-order valence-electron chi connectivity index (χ3n) is 2.31. The zero-order chi connectivity index (χ0) is 13.8. The molecule has 5 heteroatoms. The van der Waals surface area contributed by atoms with Crippen LogP contribution in [0.5, 0.6) is 0 Å². The summed E-state index contributed by atoms with van der Waals surface area (Å²) in [5.41, 5.74) is 0. The van der Waals surface area contributed by atoms with Gasteiger partial charge in [0.25, 0.3) is 0 Å². The maximum atomic E-state index is 8.65. The maximum Gasteiger partial charge on any atom is 0.168 e. The van der Waals surface area contributed by atoms with E-state index in [0.717, 1.165) is 37.8 Å². The van der Waals surface area contributed by atoms with Crippen LogP contribution in [-0.4, -0.2) is 42.9 Å². The van der Waals surface area contributed by atoms with Crippen molar-refractivity contribution in [2.24, 2.45) is 5.92 Å². The molecule has 0 aliphatic heterocycles. The number of ether oxygens (including phenoxy) is 1. The number of hydrogen-bond donors (Lipinski definition) is 1. The van der Waals surface area contributed by atoms with E-state index in [1.165, 1.54) is 0 Å². The molecule has 104 valence electrons. The number of nitrogens with zero attached hydrogens (tertiary/aromatic N) is 2. The van der Waals surface area contributed by atoms with Crippen LogP contribution >= 0.6 is 12.2 Å². The fourth-order valence-electron chi connectivity index (χ4n) is 1.53. The second-order valence-electron chi connectivity index (χ2n) is 4.53. The first-order chi connectivity index (χ1) is 8.61. The Bertz CT molecular complexity index is 263. The number of nitriles is 1. The highest BCUT2D eigenvalue weighted by Crippen LogP contribution is 2.01. The van der Waals surface area contributed by atoms with Crippen molar-refractivity contribution in [1.29, 1.82) is 5.26 Å². The van der Waals surface area contributed by atoms with E-state index in [4.69, 9.17) is 22.2 Å². The molecule has 0 saturated heterocycles. The van der Waals surface area contributed by atoms with Crippen LogP contribution in [0.2, 0.25) is 0 Å². The van der Waals surface area contributed by atoms with Crippen molar-refractivity contribution in [1.82, 2.24) is 10.2 Å². The summed E-state index contributed by atoms with van der Waals surface area (Å²) in [6.45, 7) is 10.2. The predicted molar refractivity (Wildman–Crippen MR) is 78.4 cm³/mol. The lowest BCUT2D eigenvalue weighted by atomic mass is 10.2. The number of thiocarbonyl (C=S) groups is 1. The van der Waals surface area contributed by atoms with E-state index >= 15 is 0 Å². The minimum absolute atomic E-state index is 0.507. The largest absolute Gasteiger partial charge is 0.382 e. The van der Waals surface area contributed by atoms with Crippen LogP contribution in [0.15, 0.2) is 0 Å². The Morgan fingerprint density at radius 3 is 2.78 bits per heavy atom. The Morgan fingerprint density at radius 2 is 2.22 bits per heavy atom. The molecule has 0 fully saturated rings. The Labute approximate surface area is 116 Å². The molecule has 0 radical (unpaired) electrons. The van der Waals surface area contributed by atoms with Crippen LogP contribution in [0.3, 0.4) is 0 Å². The van der Waals surface area contributed by atoms with E-state index in [-0.39, 0.29) is 0 Å². The fraction of sp³-hybridized carbons (Fsp3) is 0.846. The second-order valence-corrected chi connectivity index (χ2v) is 4.92. The number of hydrogen-bond acceptors (Lipinski definition) is 3. The maximum absolute atomic E-state index is 8.65. The highest BCUT2D eigenvalue weighted by molar-refractivity contribution is 7.80. The van der Waals surface area contributed by atoms with Gasteiger partial charge in [0, 0.05) is 32.8 Å². The lowest BCUT2D eigenvalue weighted by molar-refractivity contribution is 0.145. The van der Waals surface area contributed by atoms with Gasteiger partial charge in [0.15, 0.2) is 5.11 Å². The molecule has 0 spiro atoms. The average molecular weight is 271 g/mol. The van der Waals surface area contributed by atoms with Gasteiger partial charge in [-0.1, -0.05) is 13.8 Å². The Morgan fingerprint density at radius 1 is 1.50 bits per heavy atom. The quantitative estimate of drug-likeness (QED) is 0.514. The molecule has 0 heterocycles. The predicted octanol–water partition coefficient (Wildman–Crippen LogP) is 2.16. The zero-order valence-corrected chi connectivity index (χ0v) is 12.6. The van der Waals surface area contributed by atoms with Crippen molar-refractivity contribution in [2.75, 3.05) is 32.8 Å². The molecule has 0 rings (SSSR count). The molecule has 0 aromatic rings. The molecule has 0 aromatic heterocycles. The molecular weight excluding hydrogens is 246 g/mol. The first-order valence-corrected chi connectivity index (χ1v) is 7.00. The van der Waals surface area contributed by atoms with E-state index in [2.05, 4.69) is 30.1 Å². The number of rotatable bonds is 9. The normalized spacial score (nSPS) is 10.2. The summed E-state index contributed by atoms with van der Waals surface area (Å²) in [5.74, 6) is 0.534. The molecule has 1 N–H and O–H groups in total. The molecule has 0 atom stereocenters. The molecule has 0 aliphatic carbocycles. The summed E-state index contributed by atoms with van der Waals surface area (Å²) in [7, 11) is 0. The van der Waals surface area contributed by atoms with Gasteiger partial charge in [0.05, 0.1) is 12.5 Å². The van der Waals surface area contributed by atoms with Gasteiger partial charge >= 0.3 is 0 Å². The van der Waals surface area contributed by atoms with Crippen molar-refractivity contribution in [3.63, 3.8) is 0 Å². The Balaban J connectivity index is 3.93. The lowest BCUT2D eigenvalue weighted by Crippen LogP contribution is -2.42. The van der Waals surface area contributed by atoms with Gasteiger partial charge in [-0.2, -0.15) is 5.26 Å². The first-order valence-electron chi connectivity index (χ1n) is 6.59. The number of nitrogens with one attached hydrogen (secondary N) is 1. The Hall–Kier alpha value is -0.860. The Kier molecular flexibility index (Phi) is 10.7. The summed E-state index contributed by atoms with van der Waals surface area (Å²) >= 11 is 5.35. The van der Waals surface area contributed by atoms with Crippen LogP contribution < -0.4 is 5.32 Å². The third-order valence-corrected chi connectivity index (χ3v) is 2.71. The molecular formula is C13H25N3OS. The summed E-state index contributed by atoms with van der Waals surface area (Å²) < 4.78 is 5.27. The van der Waals surface area contributed by atoms with Crippen LogP contribution in [0.25, 0.3) is 0 Å². The van der Waals surface area contributed by atoms with Crippen molar-refractivity contribution in [2.45, 2.75) is 33.6 Å². The van der Waals surface area contributed by atoms with E-state index in [0.29, 0.717) is 18.9 Å². The van der Waals surface area contributed by atoms with E-state index in [9.17, 15) is 0 Å². The first kappa shape index (κ1) is 17.1. The molecule has 18 heavy (non-hydrogen) atoms. The lowest BCUT2D eigenvalue weighted by Gasteiger charge is -2.26. The SMILES string of the molecule is CCOCCCNC(=S)N(CCC#N)CC(C)C. The van der Waals surface area contributed by atoms with Gasteiger partial charge in [-0.25, -0.2) is 0 Å². The average Bonchev–Trinajstić information content (AvgIpc) is 2.33. The summed E-state index contributed by atoms with van der Waals surface area (Å²) in [6, 6.07) is 2.16. The molecule has 0 aliphatic rings. The van der Waals surface area contributed by atoms with E-state index < -0.39 is 0 Å². The minimum atomic E-state index is 0.507. The summed E-state index contributed by atoms with van der Waals surface area (Å²) in [4.78, 5) is 2.07. The molecule has 4 nitrogen and oxygen atoms in total. The monoisotopic (exact) mass is 271 g/mol. The molecule has 0 aromatic carbocycles. The standard InChI is InChI=1S/C13H25N3OS/c1-4-17-10-6-8-15-13(18)16(9-5-7-14)11-12(2)3/h12H,4-6,8-11H2,1-3H3,(H,15,18). The van der Waals surface area contributed by atoms with E-state index in [1.54, 1.807) is 0 Å². The highest BCUT2D eigenvalue weighted by Gasteiger charge is 2.10. The van der Waals surface area contributed by atoms with Crippen LogP contribution in [0.4, 0.5) is 0 Å². The summed E-state index contributed by atoms with van der Waals surface area (Å²) in [5, 5.41) is 12.6. The molecule has 0 bridgehead atoms. The van der Waals surface area contributed by atoms with Crippen molar-refractivity contribution >= 4 is 17.3 Å². The van der Waals surface area contributed by atoms with Crippen LogP contribution in [0, 0.1) is 17.2 Å². The summed E-state index contributed by atoms with van der Waals surface area (Å²) in [6.07, 6.45) is 1.45. The van der Waals surface area contributed by atoms with Gasteiger partial charge in [0.2, 0.25) is 0 Å². The van der Waals surface area contributed by atoms with Crippen molar-refractivity contribution in [3.05, 3.63) is 0 Å². The van der Waals surface area contributed by atoms with Crippen molar-refractivity contribution < 1.29 is 4.74 Å². The fourth-order valence-corrected chi connectivity index (χ4v) is 1.80.